The van der Waals surface area contributed by atoms with Crippen LogP contribution < -0.4 is 10.5 Å². The van der Waals surface area contributed by atoms with Crippen molar-refractivity contribution in [2.75, 3.05) is 7.11 Å². The number of pyridine rings is 1. The molecule has 0 aliphatic carbocycles. The minimum atomic E-state index is -0.195. The molecule has 0 bridgehead atoms. The second kappa shape index (κ2) is 5.31. The average Bonchev–Trinajstić information content (AvgIpc) is 2.54. The highest BCUT2D eigenvalue weighted by atomic mass is 16.5. The third-order valence-corrected chi connectivity index (χ3v) is 3.47. The number of hydrogen-bond acceptors (Lipinski definition) is 3. The second-order valence-corrected chi connectivity index (χ2v) is 4.67. The van der Waals surface area contributed by atoms with Crippen molar-refractivity contribution in [3.63, 3.8) is 0 Å². The van der Waals surface area contributed by atoms with E-state index in [2.05, 4.69) is 4.98 Å². The van der Waals surface area contributed by atoms with Gasteiger partial charge in [0.15, 0.2) is 0 Å². The van der Waals surface area contributed by atoms with Gasteiger partial charge in [0.2, 0.25) is 0 Å². The van der Waals surface area contributed by atoms with Crippen LogP contribution in [0.5, 0.6) is 5.75 Å². The molecule has 3 heteroatoms. The third kappa shape index (κ3) is 2.24. The maximum absolute atomic E-state index is 6.39. The molecule has 2 N–H and O–H groups in total. The zero-order valence-corrected chi connectivity index (χ0v) is 11.3. The highest BCUT2D eigenvalue weighted by molar-refractivity contribution is 5.82. The number of hydrogen-bond donors (Lipinski definition) is 1. The molecule has 1 atom stereocenters. The topological polar surface area (TPSA) is 48.1 Å². The molecule has 0 radical (unpaired) electrons. The molecule has 0 aliphatic rings. The van der Waals surface area contributed by atoms with Crippen LogP contribution in [0.4, 0.5) is 0 Å². The van der Waals surface area contributed by atoms with E-state index in [1.54, 1.807) is 13.3 Å². The number of rotatable bonds is 3. The number of benzene rings is 2. The van der Waals surface area contributed by atoms with Gasteiger partial charge in [0.05, 0.1) is 18.7 Å². The predicted octanol–water partition coefficient (Wildman–Crippen LogP) is 3.29. The van der Waals surface area contributed by atoms with E-state index in [0.717, 1.165) is 27.8 Å². The average molecular weight is 264 g/mol. The molecule has 3 aromatic rings. The quantitative estimate of drug-likeness (QED) is 0.789. The fraction of sp³-hybridized carbons (Fsp3) is 0.118. The highest BCUT2D eigenvalue weighted by Crippen LogP contribution is 2.26. The van der Waals surface area contributed by atoms with Gasteiger partial charge in [-0.05, 0) is 29.3 Å². The van der Waals surface area contributed by atoms with Crippen LogP contribution in [0.15, 0.2) is 60.8 Å². The van der Waals surface area contributed by atoms with Crippen LogP contribution in [-0.4, -0.2) is 12.1 Å². The second-order valence-electron chi connectivity index (χ2n) is 4.67. The highest BCUT2D eigenvalue weighted by Gasteiger charge is 2.12. The molecule has 1 unspecified atom stereocenters. The van der Waals surface area contributed by atoms with Crippen LogP contribution in [0.2, 0.25) is 0 Å². The van der Waals surface area contributed by atoms with E-state index in [1.165, 1.54) is 0 Å². The first-order valence-corrected chi connectivity index (χ1v) is 6.53. The van der Waals surface area contributed by atoms with Crippen molar-refractivity contribution in [2.45, 2.75) is 6.04 Å². The summed E-state index contributed by atoms with van der Waals surface area (Å²) in [4.78, 5) is 4.46. The number of methoxy groups -OCH3 is 1. The van der Waals surface area contributed by atoms with Crippen molar-refractivity contribution in [3.05, 3.63) is 71.9 Å². The first-order valence-electron chi connectivity index (χ1n) is 6.53. The lowest BCUT2D eigenvalue weighted by Gasteiger charge is -2.15. The summed E-state index contributed by atoms with van der Waals surface area (Å²) < 4.78 is 5.17. The summed E-state index contributed by atoms with van der Waals surface area (Å²) in [5.74, 6) is 0.831. The molecule has 0 amide bonds. The normalized spacial score (nSPS) is 12.3. The number of fused-ring (bicyclic) bond motifs is 1. The van der Waals surface area contributed by atoms with Crippen molar-refractivity contribution in [1.82, 2.24) is 4.98 Å². The van der Waals surface area contributed by atoms with Gasteiger partial charge < -0.3 is 10.5 Å². The van der Waals surface area contributed by atoms with E-state index in [4.69, 9.17) is 10.5 Å². The van der Waals surface area contributed by atoms with Gasteiger partial charge in [-0.2, -0.15) is 0 Å². The van der Waals surface area contributed by atoms with Crippen LogP contribution >= 0.6 is 0 Å². The lowest BCUT2D eigenvalue weighted by molar-refractivity contribution is 0.414. The molecule has 100 valence electrons. The number of para-hydroxylation sites is 1. The monoisotopic (exact) mass is 264 g/mol. The number of nitrogens with zero attached hydrogens (tertiary/aromatic N) is 1. The van der Waals surface area contributed by atoms with Crippen LogP contribution in [0.3, 0.4) is 0 Å². The van der Waals surface area contributed by atoms with Gasteiger partial charge in [0, 0.05) is 11.6 Å². The fourth-order valence-corrected chi connectivity index (χ4v) is 2.37. The maximum atomic E-state index is 6.39. The Morgan fingerprint density at radius 1 is 1.00 bits per heavy atom. The molecule has 0 aliphatic heterocycles. The molecule has 1 heterocycles. The van der Waals surface area contributed by atoms with Crippen molar-refractivity contribution in [1.29, 1.82) is 0 Å². The first-order chi connectivity index (χ1) is 9.79. The Morgan fingerprint density at radius 3 is 2.50 bits per heavy atom. The Labute approximate surface area is 118 Å². The van der Waals surface area contributed by atoms with Crippen LogP contribution in [0, 0.1) is 0 Å². The zero-order chi connectivity index (χ0) is 13.9. The molecular formula is C17H16N2O. The lowest BCUT2D eigenvalue weighted by atomic mass is 9.97. The standard InChI is InChI=1S/C17H16N2O/c1-20-14-9-7-12(8-10-14)16(18)15-6-2-4-13-5-3-11-19-17(13)15/h2-11,16H,18H2,1H3. The van der Waals surface area contributed by atoms with Crippen LogP contribution in [0.25, 0.3) is 10.9 Å². The van der Waals surface area contributed by atoms with Crippen molar-refractivity contribution < 1.29 is 4.74 Å². The Bertz CT molecular complexity index is 717. The minimum absolute atomic E-state index is 0.195. The minimum Gasteiger partial charge on any atom is -0.497 e. The van der Waals surface area contributed by atoms with Crippen molar-refractivity contribution >= 4 is 10.9 Å². The van der Waals surface area contributed by atoms with Crippen LogP contribution in [-0.2, 0) is 0 Å². The van der Waals surface area contributed by atoms with E-state index < -0.39 is 0 Å². The SMILES string of the molecule is COc1ccc(C(N)c2cccc3cccnc23)cc1. The summed E-state index contributed by atoms with van der Waals surface area (Å²) in [6.07, 6.45) is 1.80. The van der Waals surface area contributed by atoms with Gasteiger partial charge in [-0.1, -0.05) is 36.4 Å². The lowest BCUT2D eigenvalue weighted by Crippen LogP contribution is -2.12. The van der Waals surface area contributed by atoms with E-state index >= 15 is 0 Å². The fourth-order valence-electron chi connectivity index (χ4n) is 2.37. The van der Waals surface area contributed by atoms with Gasteiger partial charge in [-0.15, -0.1) is 0 Å². The summed E-state index contributed by atoms with van der Waals surface area (Å²) in [6.45, 7) is 0. The summed E-state index contributed by atoms with van der Waals surface area (Å²) in [7, 11) is 1.66. The van der Waals surface area contributed by atoms with E-state index in [-0.39, 0.29) is 6.04 Å². The Hall–Kier alpha value is -2.39. The molecule has 0 fully saturated rings. The molecule has 1 aromatic heterocycles. The molecule has 20 heavy (non-hydrogen) atoms. The largest absolute Gasteiger partial charge is 0.497 e. The molecule has 3 nitrogen and oxygen atoms in total. The Morgan fingerprint density at radius 2 is 1.75 bits per heavy atom. The molecule has 0 spiro atoms. The first kappa shape index (κ1) is 12.6. The van der Waals surface area contributed by atoms with E-state index in [0.29, 0.717) is 0 Å². The molecule has 0 saturated carbocycles. The van der Waals surface area contributed by atoms with E-state index in [1.807, 2.05) is 54.6 Å². The van der Waals surface area contributed by atoms with Gasteiger partial charge >= 0.3 is 0 Å². The summed E-state index contributed by atoms with van der Waals surface area (Å²) in [5, 5.41) is 1.11. The zero-order valence-electron chi connectivity index (χ0n) is 11.3. The number of ether oxygens (including phenoxy) is 1. The Kier molecular flexibility index (Phi) is 3.35. The predicted molar refractivity (Wildman–Crippen MR) is 80.8 cm³/mol. The van der Waals surface area contributed by atoms with Gasteiger partial charge in [-0.3, -0.25) is 4.98 Å². The van der Waals surface area contributed by atoms with Crippen LogP contribution in [0.1, 0.15) is 17.2 Å². The molecular weight excluding hydrogens is 248 g/mol. The maximum Gasteiger partial charge on any atom is 0.118 e. The summed E-state index contributed by atoms with van der Waals surface area (Å²) >= 11 is 0. The third-order valence-electron chi connectivity index (χ3n) is 3.47. The van der Waals surface area contributed by atoms with Gasteiger partial charge in [0.25, 0.3) is 0 Å². The van der Waals surface area contributed by atoms with Gasteiger partial charge in [-0.25, -0.2) is 0 Å². The summed E-state index contributed by atoms with van der Waals surface area (Å²) in [6, 6.07) is 17.7. The summed E-state index contributed by atoms with van der Waals surface area (Å²) in [5.41, 5.74) is 9.43. The van der Waals surface area contributed by atoms with E-state index in [9.17, 15) is 0 Å². The smallest absolute Gasteiger partial charge is 0.118 e. The van der Waals surface area contributed by atoms with Crippen molar-refractivity contribution in [2.24, 2.45) is 5.73 Å². The number of nitrogens with two attached hydrogens (primary N) is 1. The van der Waals surface area contributed by atoms with Crippen molar-refractivity contribution in [3.8, 4) is 5.75 Å². The molecule has 0 saturated heterocycles. The molecule has 2 aromatic carbocycles. The Balaban J connectivity index is 2.05. The molecule has 3 rings (SSSR count). The number of aromatic nitrogens is 1. The van der Waals surface area contributed by atoms with Gasteiger partial charge in [0.1, 0.15) is 5.75 Å².